The van der Waals surface area contributed by atoms with Crippen molar-refractivity contribution in [3.05, 3.63) is 28.3 Å². The lowest BCUT2D eigenvalue weighted by atomic mass is 10.1. The summed E-state index contributed by atoms with van der Waals surface area (Å²) in [4.78, 5) is 20.9. The molecule has 0 fully saturated rings. The Morgan fingerprint density at radius 1 is 1.42 bits per heavy atom. The highest BCUT2D eigenvalue weighted by atomic mass is 19.4. The minimum atomic E-state index is -5.35. The van der Waals surface area contributed by atoms with E-state index in [1.807, 2.05) is 0 Å². The van der Waals surface area contributed by atoms with Crippen LogP contribution in [0.25, 0.3) is 0 Å². The van der Waals surface area contributed by atoms with Gasteiger partial charge >= 0.3 is 17.9 Å². The van der Waals surface area contributed by atoms with E-state index in [-0.39, 0.29) is 5.69 Å². The third kappa shape index (κ3) is 1.95. The second kappa shape index (κ2) is 3.82. The third-order valence-electron chi connectivity index (χ3n) is 2.37. The van der Waals surface area contributed by atoms with E-state index in [9.17, 15) is 33.2 Å². The van der Waals surface area contributed by atoms with Crippen LogP contribution in [0.2, 0.25) is 0 Å². The fraction of sp³-hybridized carbons (Fsp3) is 0.222. The summed E-state index contributed by atoms with van der Waals surface area (Å²) in [6, 6.07) is 2.56. The molecule has 0 unspecified atom stereocenters. The van der Waals surface area contributed by atoms with Gasteiger partial charge in [0.25, 0.3) is 5.69 Å². The second-order valence-corrected chi connectivity index (χ2v) is 3.64. The molecule has 0 bridgehead atoms. The van der Waals surface area contributed by atoms with Crippen molar-refractivity contribution in [1.82, 2.24) is 0 Å². The Morgan fingerprint density at radius 3 is 2.58 bits per heavy atom. The zero-order valence-corrected chi connectivity index (χ0v) is 8.89. The molecule has 19 heavy (non-hydrogen) atoms. The number of hydrogen-bond donors (Lipinski definition) is 2. The summed E-state index contributed by atoms with van der Waals surface area (Å²) in [7, 11) is 0. The van der Waals surface area contributed by atoms with Crippen molar-refractivity contribution < 1.29 is 32.7 Å². The van der Waals surface area contributed by atoms with E-state index in [2.05, 4.69) is 4.74 Å². The highest BCUT2D eigenvalue weighted by Crippen LogP contribution is 2.41. The highest BCUT2D eigenvalue weighted by molar-refractivity contribution is 6.00. The van der Waals surface area contributed by atoms with Gasteiger partial charge in [-0.25, -0.2) is 0 Å². The van der Waals surface area contributed by atoms with Gasteiger partial charge in [-0.2, -0.15) is 13.2 Å². The van der Waals surface area contributed by atoms with Crippen molar-refractivity contribution >= 4 is 17.3 Å². The maximum absolute atomic E-state index is 12.5. The number of carbonyl (C=O) groups is 1. The largest absolute Gasteiger partial charge is 0.465 e. The van der Waals surface area contributed by atoms with Crippen LogP contribution in [0, 0.1) is 10.1 Å². The Kier molecular flexibility index (Phi) is 2.63. The standard InChI is InChI=1S/C9H5F3N2O5/c10-9(11,12)8(16)7(15)13-5-3-4(14(17)18)1-2-6(5)19-8/h1-3,16H,(H,13,15)/t8-/m0/s1. The van der Waals surface area contributed by atoms with Gasteiger partial charge in [-0.1, -0.05) is 0 Å². The molecule has 0 saturated heterocycles. The van der Waals surface area contributed by atoms with Crippen LogP contribution < -0.4 is 10.1 Å². The Balaban J connectivity index is 2.46. The number of benzene rings is 1. The molecule has 7 nitrogen and oxygen atoms in total. The molecule has 2 N–H and O–H groups in total. The summed E-state index contributed by atoms with van der Waals surface area (Å²) in [5.74, 6) is -6.41. The molecule has 1 atom stereocenters. The number of fused-ring (bicyclic) bond motifs is 1. The van der Waals surface area contributed by atoms with E-state index in [1.54, 1.807) is 5.32 Å². The van der Waals surface area contributed by atoms with Gasteiger partial charge < -0.3 is 15.2 Å². The van der Waals surface area contributed by atoms with Crippen LogP contribution in [0.4, 0.5) is 24.5 Å². The molecule has 102 valence electrons. The number of carbonyl (C=O) groups excluding carboxylic acids is 1. The van der Waals surface area contributed by atoms with Crippen LogP contribution in [0.5, 0.6) is 5.75 Å². The van der Waals surface area contributed by atoms with Crippen molar-refractivity contribution in [1.29, 1.82) is 0 Å². The van der Waals surface area contributed by atoms with Crippen LogP contribution in [0.3, 0.4) is 0 Å². The lowest BCUT2D eigenvalue weighted by Gasteiger charge is -2.33. The lowest BCUT2D eigenvalue weighted by molar-refractivity contribution is -0.384. The zero-order valence-electron chi connectivity index (χ0n) is 8.89. The Morgan fingerprint density at radius 2 is 2.05 bits per heavy atom. The first-order chi connectivity index (χ1) is 8.65. The first kappa shape index (κ1) is 13.1. The summed E-state index contributed by atoms with van der Waals surface area (Å²) >= 11 is 0. The molecule has 0 saturated carbocycles. The summed E-state index contributed by atoms with van der Waals surface area (Å²) in [5.41, 5.74) is -0.770. The minimum Gasteiger partial charge on any atom is -0.444 e. The van der Waals surface area contributed by atoms with Gasteiger partial charge in [-0.3, -0.25) is 14.9 Å². The van der Waals surface area contributed by atoms with E-state index >= 15 is 0 Å². The van der Waals surface area contributed by atoms with Crippen LogP contribution in [-0.2, 0) is 4.79 Å². The van der Waals surface area contributed by atoms with E-state index < -0.39 is 34.2 Å². The monoisotopic (exact) mass is 278 g/mol. The van der Waals surface area contributed by atoms with Crippen molar-refractivity contribution in [2.75, 3.05) is 5.32 Å². The molecule has 10 heteroatoms. The smallest absolute Gasteiger partial charge is 0.444 e. The van der Waals surface area contributed by atoms with Crippen molar-refractivity contribution in [2.24, 2.45) is 0 Å². The van der Waals surface area contributed by atoms with Gasteiger partial charge in [0.15, 0.2) is 0 Å². The molecule has 0 spiro atoms. The molecule has 1 heterocycles. The molecule has 0 radical (unpaired) electrons. The number of ether oxygens (including phenoxy) is 1. The number of aliphatic hydroxyl groups is 1. The number of nitrogens with one attached hydrogen (secondary N) is 1. The maximum Gasteiger partial charge on any atom is 0.465 e. The number of nitro groups is 1. The predicted molar refractivity (Wildman–Crippen MR) is 53.4 cm³/mol. The predicted octanol–water partition coefficient (Wildman–Crippen LogP) is 1.18. The lowest BCUT2D eigenvalue weighted by Crippen LogP contribution is -2.60. The van der Waals surface area contributed by atoms with Gasteiger partial charge in [0, 0.05) is 12.1 Å². The molecule has 1 amide bonds. The second-order valence-electron chi connectivity index (χ2n) is 3.64. The number of anilines is 1. The quantitative estimate of drug-likeness (QED) is 0.593. The molecule has 1 aliphatic rings. The van der Waals surface area contributed by atoms with Crippen LogP contribution in [0.1, 0.15) is 0 Å². The molecule has 1 aromatic carbocycles. The van der Waals surface area contributed by atoms with Gasteiger partial charge in [-0.05, 0) is 6.07 Å². The number of non-ortho nitro benzene ring substituents is 1. The number of halogens is 3. The topological polar surface area (TPSA) is 102 Å². The molecule has 0 aliphatic carbocycles. The van der Waals surface area contributed by atoms with E-state index in [0.717, 1.165) is 18.2 Å². The molecule has 1 aromatic rings. The number of rotatable bonds is 1. The van der Waals surface area contributed by atoms with Gasteiger partial charge in [0.2, 0.25) is 0 Å². The van der Waals surface area contributed by atoms with Crippen LogP contribution >= 0.6 is 0 Å². The normalized spacial score (nSPS) is 22.2. The Hall–Kier alpha value is -2.36. The summed E-state index contributed by atoms with van der Waals surface area (Å²) < 4.78 is 41.8. The number of nitro benzene ring substituents is 1. The SMILES string of the molecule is O=C1Nc2cc([N+](=O)[O-])ccc2O[C@]1(O)C(F)(F)F. The highest BCUT2D eigenvalue weighted by Gasteiger charge is 2.64. The van der Waals surface area contributed by atoms with Crippen molar-refractivity contribution in [3.63, 3.8) is 0 Å². The average molecular weight is 278 g/mol. The summed E-state index contributed by atoms with van der Waals surface area (Å²) in [6.07, 6.45) is -5.35. The minimum absolute atomic E-state index is 0.326. The molecular weight excluding hydrogens is 273 g/mol. The third-order valence-corrected chi connectivity index (χ3v) is 2.37. The van der Waals surface area contributed by atoms with E-state index in [4.69, 9.17) is 0 Å². The maximum atomic E-state index is 12.5. The Bertz CT molecular complexity index is 573. The van der Waals surface area contributed by atoms with E-state index in [0.29, 0.717) is 0 Å². The van der Waals surface area contributed by atoms with Crippen molar-refractivity contribution in [3.8, 4) is 5.75 Å². The first-order valence-electron chi connectivity index (χ1n) is 4.73. The molecular formula is C9H5F3N2O5. The van der Waals surface area contributed by atoms with Crippen LogP contribution in [0.15, 0.2) is 18.2 Å². The fourth-order valence-electron chi connectivity index (χ4n) is 1.42. The van der Waals surface area contributed by atoms with E-state index in [1.165, 1.54) is 0 Å². The zero-order chi connectivity index (χ0) is 14.4. The molecule has 0 aromatic heterocycles. The van der Waals surface area contributed by atoms with Gasteiger partial charge in [0.05, 0.1) is 10.6 Å². The number of nitrogens with zero attached hydrogens (tertiary/aromatic N) is 1. The van der Waals surface area contributed by atoms with Crippen molar-refractivity contribution in [2.45, 2.75) is 12.0 Å². The molecule has 2 rings (SSSR count). The fourth-order valence-corrected chi connectivity index (χ4v) is 1.42. The van der Waals surface area contributed by atoms with Crippen LogP contribution in [-0.4, -0.2) is 27.9 Å². The molecule has 1 aliphatic heterocycles. The summed E-state index contributed by atoms with van der Waals surface area (Å²) in [5, 5.41) is 21.4. The number of alkyl halides is 3. The van der Waals surface area contributed by atoms with Gasteiger partial charge in [-0.15, -0.1) is 0 Å². The number of amides is 1. The Labute approximate surface area is 102 Å². The van der Waals surface area contributed by atoms with Gasteiger partial charge in [0.1, 0.15) is 5.75 Å². The summed E-state index contributed by atoms with van der Waals surface area (Å²) in [6.45, 7) is 0. The average Bonchev–Trinajstić information content (AvgIpc) is 2.28. The first-order valence-corrected chi connectivity index (χ1v) is 4.73. The number of hydrogen-bond acceptors (Lipinski definition) is 5.